The number of rotatable bonds is 5. The van der Waals surface area contributed by atoms with Crippen molar-refractivity contribution < 1.29 is 9.59 Å². The fourth-order valence-corrected chi connectivity index (χ4v) is 1.99. The maximum absolute atomic E-state index is 12.5. The van der Waals surface area contributed by atoms with E-state index in [2.05, 4.69) is 4.98 Å². The number of aromatic nitrogens is 1. The van der Waals surface area contributed by atoms with Gasteiger partial charge in [-0.15, -0.1) is 0 Å². The van der Waals surface area contributed by atoms with Crippen LogP contribution in [-0.4, -0.2) is 29.1 Å². The summed E-state index contributed by atoms with van der Waals surface area (Å²) in [7, 11) is 1.73. The van der Waals surface area contributed by atoms with Gasteiger partial charge in [0.15, 0.2) is 0 Å². The van der Waals surface area contributed by atoms with Crippen LogP contribution < -0.4 is 0 Å². The molecule has 0 aliphatic heterocycles. The minimum Gasteiger partial charge on any atom is -0.336 e. The number of hydrogen-bond donors (Lipinski definition) is 0. The van der Waals surface area contributed by atoms with Crippen molar-refractivity contribution in [2.75, 3.05) is 7.05 Å². The summed E-state index contributed by atoms with van der Waals surface area (Å²) in [5.74, 6) is -0.105. The van der Waals surface area contributed by atoms with Gasteiger partial charge in [0.05, 0.1) is 12.2 Å². The van der Waals surface area contributed by atoms with Crippen LogP contribution in [0.3, 0.4) is 0 Å². The summed E-state index contributed by atoms with van der Waals surface area (Å²) in [5.41, 5.74) is 2.12. The Bertz CT molecular complexity index is 651. The van der Waals surface area contributed by atoms with Crippen LogP contribution in [-0.2, 0) is 11.3 Å². The summed E-state index contributed by atoms with van der Waals surface area (Å²) in [5, 5.41) is 0. The zero-order valence-electron chi connectivity index (χ0n) is 11.8. The monoisotopic (exact) mass is 280 g/mol. The first-order valence-electron chi connectivity index (χ1n) is 6.58. The predicted octanol–water partition coefficient (Wildman–Crippen LogP) is 2.57. The molecule has 4 heteroatoms. The van der Waals surface area contributed by atoms with E-state index in [1.165, 1.54) is 6.08 Å². The summed E-state index contributed by atoms with van der Waals surface area (Å²) < 4.78 is 0. The quantitative estimate of drug-likeness (QED) is 0.625. The van der Waals surface area contributed by atoms with Crippen molar-refractivity contribution in [3.63, 3.8) is 0 Å². The molecule has 106 valence electrons. The summed E-state index contributed by atoms with van der Waals surface area (Å²) in [4.78, 5) is 28.8. The van der Waals surface area contributed by atoms with Gasteiger partial charge in [-0.25, -0.2) is 0 Å². The van der Waals surface area contributed by atoms with Crippen molar-refractivity contribution in [2.24, 2.45) is 0 Å². The molecule has 1 heterocycles. The Morgan fingerprint density at radius 2 is 1.95 bits per heavy atom. The van der Waals surface area contributed by atoms with Gasteiger partial charge in [0.25, 0.3) is 5.91 Å². The number of nitrogens with zero attached hydrogens (tertiary/aromatic N) is 2. The van der Waals surface area contributed by atoms with Crippen LogP contribution in [0.5, 0.6) is 0 Å². The van der Waals surface area contributed by atoms with E-state index in [-0.39, 0.29) is 5.91 Å². The average molecular weight is 280 g/mol. The minimum absolute atomic E-state index is 0.105. The van der Waals surface area contributed by atoms with Crippen molar-refractivity contribution in [1.29, 1.82) is 0 Å². The lowest BCUT2D eigenvalue weighted by molar-refractivity contribution is -0.104. The fourth-order valence-electron chi connectivity index (χ4n) is 1.99. The Balaban J connectivity index is 2.19. The third kappa shape index (κ3) is 3.86. The van der Waals surface area contributed by atoms with Gasteiger partial charge in [0, 0.05) is 18.8 Å². The Hall–Kier alpha value is -2.75. The molecule has 21 heavy (non-hydrogen) atoms. The molecule has 1 aromatic heterocycles. The van der Waals surface area contributed by atoms with Gasteiger partial charge in [-0.1, -0.05) is 30.3 Å². The molecule has 0 aliphatic rings. The van der Waals surface area contributed by atoms with Crippen molar-refractivity contribution in [3.8, 4) is 0 Å². The average Bonchev–Trinajstić information content (AvgIpc) is 2.53. The zero-order valence-corrected chi connectivity index (χ0v) is 11.8. The minimum atomic E-state index is -0.105. The van der Waals surface area contributed by atoms with Gasteiger partial charge < -0.3 is 4.90 Å². The molecule has 0 fully saturated rings. The SMILES string of the molecule is CN(Cc1ccccn1)C(=O)c1ccccc1/C=C/C=O. The second kappa shape index (κ2) is 7.14. The first kappa shape index (κ1) is 14.7. The molecular weight excluding hydrogens is 264 g/mol. The number of benzene rings is 1. The number of carbonyl (C=O) groups excluding carboxylic acids is 2. The highest BCUT2D eigenvalue weighted by Gasteiger charge is 2.14. The first-order chi connectivity index (χ1) is 10.2. The van der Waals surface area contributed by atoms with Crippen LogP contribution in [0.15, 0.2) is 54.7 Å². The second-order valence-electron chi connectivity index (χ2n) is 4.56. The predicted molar refractivity (Wildman–Crippen MR) is 81.6 cm³/mol. The number of hydrogen-bond acceptors (Lipinski definition) is 3. The molecule has 2 rings (SSSR count). The molecule has 1 amide bonds. The van der Waals surface area contributed by atoms with Crippen LogP contribution in [0.25, 0.3) is 6.08 Å². The van der Waals surface area contributed by atoms with Gasteiger partial charge in [0.2, 0.25) is 0 Å². The summed E-state index contributed by atoms with van der Waals surface area (Å²) >= 11 is 0. The van der Waals surface area contributed by atoms with Crippen LogP contribution in [0.2, 0.25) is 0 Å². The van der Waals surface area contributed by atoms with E-state index in [0.29, 0.717) is 18.4 Å². The number of pyridine rings is 1. The Kier molecular flexibility index (Phi) is 4.99. The van der Waals surface area contributed by atoms with E-state index in [1.54, 1.807) is 36.4 Å². The normalized spacial score (nSPS) is 10.5. The second-order valence-corrected chi connectivity index (χ2v) is 4.56. The Morgan fingerprint density at radius 1 is 1.19 bits per heavy atom. The van der Waals surface area contributed by atoms with E-state index >= 15 is 0 Å². The molecule has 0 atom stereocenters. The molecule has 0 spiro atoms. The van der Waals surface area contributed by atoms with E-state index in [0.717, 1.165) is 11.3 Å². The summed E-state index contributed by atoms with van der Waals surface area (Å²) in [6.45, 7) is 0.436. The summed E-state index contributed by atoms with van der Waals surface area (Å²) in [6, 6.07) is 12.8. The molecule has 2 aromatic rings. The molecule has 1 aromatic carbocycles. The highest BCUT2D eigenvalue weighted by molar-refractivity contribution is 5.98. The maximum Gasteiger partial charge on any atom is 0.254 e. The largest absolute Gasteiger partial charge is 0.336 e. The third-order valence-electron chi connectivity index (χ3n) is 3.02. The lowest BCUT2D eigenvalue weighted by Crippen LogP contribution is -2.27. The first-order valence-corrected chi connectivity index (χ1v) is 6.58. The lowest BCUT2D eigenvalue weighted by Gasteiger charge is -2.18. The smallest absolute Gasteiger partial charge is 0.254 e. The molecule has 0 bridgehead atoms. The van der Waals surface area contributed by atoms with Crippen molar-refractivity contribution in [2.45, 2.75) is 6.54 Å². The highest BCUT2D eigenvalue weighted by Crippen LogP contribution is 2.14. The van der Waals surface area contributed by atoms with E-state index < -0.39 is 0 Å². The molecule has 0 radical (unpaired) electrons. The van der Waals surface area contributed by atoms with Crippen LogP contribution in [0, 0.1) is 0 Å². The Labute approximate surface area is 123 Å². The molecule has 0 saturated carbocycles. The highest BCUT2D eigenvalue weighted by atomic mass is 16.2. The standard InChI is InChI=1S/C17H16N2O2/c1-19(13-15-9-4-5-11-18-15)17(21)16-10-3-2-7-14(16)8-6-12-20/h2-12H,13H2,1H3/b8-6+. The zero-order chi connectivity index (χ0) is 15.1. The molecule has 0 N–H and O–H groups in total. The number of amides is 1. The fraction of sp³-hybridized carbons (Fsp3) is 0.118. The lowest BCUT2D eigenvalue weighted by atomic mass is 10.1. The van der Waals surface area contributed by atoms with Gasteiger partial charge in [-0.2, -0.15) is 0 Å². The third-order valence-corrected chi connectivity index (χ3v) is 3.02. The Morgan fingerprint density at radius 3 is 2.67 bits per heavy atom. The molecule has 4 nitrogen and oxygen atoms in total. The van der Waals surface area contributed by atoms with Crippen LogP contribution in [0.1, 0.15) is 21.6 Å². The molecule has 0 aliphatic carbocycles. The van der Waals surface area contributed by atoms with Crippen molar-refractivity contribution in [3.05, 3.63) is 71.6 Å². The van der Waals surface area contributed by atoms with Gasteiger partial charge in [-0.05, 0) is 29.8 Å². The number of aldehydes is 1. The van der Waals surface area contributed by atoms with E-state index in [9.17, 15) is 9.59 Å². The van der Waals surface area contributed by atoms with Gasteiger partial charge >= 0.3 is 0 Å². The van der Waals surface area contributed by atoms with E-state index in [4.69, 9.17) is 0 Å². The molecule has 0 unspecified atom stereocenters. The van der Waals surface area contributed by atoms with Crippen molar-refractivity contribution in [1.82, 2.24) is 9.88 Å². The number of allylic oxidation sites excluding steroid dienone is 1. The van der Waals surface area contributed by atoms with Crippen LogP contribution in [0.4, 0.5) is 0 Å². The van der Waals surface area contributed by atoms with E-state index in [1.807, 2.05) is 30.3 Å². The summed E-state index contributed by atoms with van der Waals surface area (Å²) in [6.07, 6.45) is 5.41. The van der Waals surface area contributed by atoms with Crippen LogP contribution >= 0.6 is 0 Å². The number of carbonyl (C=O) groups is 2. The molecule has 0 saturated heterocycles. The topological polar surface area (TPSA) is 50.3 Å². The van der Waals surface area contributed by atoms with Gasteiger partial charge in [-0.3, -0.25) is 14.6 Å². The molecular formula is C17H16N2O2. The van der Waals surface area contributed by atoms with Crippen molar-refractivity contribution >= 4 is 18.3 Å². The van der Waals surface area contributed by atoms with Gasteiger partial charge in [0.1, 0.15) is 6.29 Å². The maximum atomic E-state index is 12.5.